The summed E-state index contributed by atoms with van der Waals surface area (Å²) in [5.41, 5.74) is 5.38. The summed E-state index contributed by atoms with van der Waals surface area (Å²) in [4.78, 5) is 16.9. The Bertz CT molecular complexity index is 1200. The number of carbonyl (C=O) groups excluding carboxylic acids is 1. The summed E-state index contributed by atoms with van der Waals surface area (Å²) < 4.78 is 1.91. The van der Waals surface area contributed by atoms with Crippen molar-refractivity contribution in [3.05, 3.63) is 70.9 Å². The fraction of sp³-hybridized carbons (Fsp3) is 0.217. The van der Waals surface area contributed by atoms with Crippen LogP contribution in [-0.2, 0) is 18.4 Å². The lowest BCUT2D eigenvalue weighted by Crippen LogP contribution is -2.14. The van der Waals surface area contributed by atoms with Gasteiger partial charge in [0.05, 0.1) is 18.0 Å². The smallest absolute Gasteiger partial charge is 0.236 e. The van der Waals surface area contributed by atoms with Crippen molar-refractivity contribution in [1.29, 1.82) is 0 Å². The van der Waals surface area contributed by atoms with E-state index >= 15 is 0 Å². The van der Waals surface area contributed by atoms with Gasteiger partial charge in [0, 0.05) is 23.7 Å². The largest absolute Gasteiger partial charge is 0.377 e. The van der Waals surface area contributed by atoms with Gasteiger partial charge >= 0.3 is 0 Å². The molecule has 0 aliphatic carbocycles. The van der Waals surface area contributed by atoms with Crippen molar-refractivity contribution in [2.24, 2.45) is 7.05 Å². The van der Waals surface area contributed by atoms with Gasteiger partial charge in [-0.15, -0.1) is 21.5 Å². The van der Waals surface area contributed by atoms with Gasteiger partial charge < -0.3 is 15.2 Å². The molecular weight excluding hydrogens is 440 g/mol. The van der Waals surface area contributed by atoms with Crippen LogP contribution in [0.2, 0.25) is 0 Å². The summed E-state index contributed by atoms with van der Waals surface area (Å²) in [6.45, 7) is 4.72. The molecule has 7 nitrogen and oxygen atoms in total. The molecule has 1 amide bonds. The Morgan fingerprint density at radius 2 is 1.81 bits per heavy atom. The van der Waals surface area contributed by atoms with Crippen LogP contribution in [0.5, 0.6) is 0 Å². The van der Waals surface area contributed by atoms with Crippen molar-refractivity contribution in [2.75, 3.05) is 16.4 Å². The lowest BCUT2D eigenvalue weighted by atomic mass is 10.1. The molecule has 32 heavy (non-hydrogen) atoms. The number of rotatable bonds is 8. The standard InChI is InChI=1S/C23H24N6OS2/c1-15-8-7-9-16(2)21(15)24-12-19-27-28-23(29(19)3)32-14-20(30)26-22-25-18(13-31-22)17-10-5-4-6-11-17/h4-11,13,24H,12,14H2,1-3H3,(H,25,26,30). The Morgan fingerprint density at radius 3 is 2.56 bits per heavy atom. The summed E-state index contributed by atoms with van der Waals surface area (Å²) in [5, 5.41) is 18.1. The number of hydrogen-bond acceptors (Lipinski definition) is 7. The molecule has 164 valence electrons. The average molecular weight is 465 g/mol. The van der Waals surface area contributed by atoms with Gasteiger partial charge in [0.2, 0.25) is 5.91 Å². The lowest BCUT2D eigenvalue weighted by molar-refractivity contribution is -0.113. The number of amides is 1. The van der Waals surface area contributed by atoms with Crippen molar-refractivity contribution in [3.63, 3.8) is 0 Å². The van der Waals surface area contributed by atoms with Gasteiger partial charge in [-0.05, 0) is 25.0 Å². The second-order valence-electron chi connectivity index (χ2n) is 7.32. The second-order valence-corrected chi connectivity index (χ2v) is 9.12. The highest BCUT2D eigenvalue weighted by atomic mass is 32.2. The molecule has 2 aromatic heterocycles. The Labute approximate surface area is 195 Å². The summed E-state index contributed by atoms with van der Waals surface area (Å²) >= 11 is 2.77. The van der Waals surface area contributed by atoms with Crippen molar-refractivity contribution >= 4 is 39.8 Å². The molecule has 0 saturated heterocycles. The minimum atomic E-state index is -0.123. The Balaban J connectivity index is 1.31. The van der Waals surface area contributed by atoms with E-state index in [1.54, 1.807) is 0 Å². The minimum Gasteiger partial charge on any atom is -0.377 e. The highest BCUT2D eigenvalue weighted by Gasteiger charge is 2.13. The van der Waals surface area contributed by atoms with Gasteiger partial charge in [-0.1, -0.05) is 60.3 Å². The van der Waals surface area contributed by atoms with Crippen molar-refractivity contribution in [2.45, 2.75) is 25.5 Å². The average Bonchev–Trinajstić information content (AvgIpc) is 3.39. The maximum absolute atomic E-state index is 12.4. The minimum absolute atomic E-state index is 0.123. The first kappa shape index (κ1) is 22.0. The van der Waals surface area contributed by atoms with Gasteiger partial charge in [-0.25, -0.2) is 4.98 Å². The monoisotopic (exact) mass is 464 g/mol. The fourth-order valence-corrected chi connectivity index (χ4v) is 4.71. The highest BCUT2D eigenvalue weighted by molar-refractivity contribution is 7.99. The number of hydrogen-bond donors (Lipinski definition) is 2. The third kappa shape index (κ3) is 5.17. The third-order valence-electron chi connectivity index (χ3n) is 4.98. The highest BCUT2D eigenvalue weighted by Crippen LogP contribution is 2.25. The van der Waals surface area contributed by atoms with Crippen molar-refractivity contribution in [1.82, 2.24) is 19.7 Å². The number of benzene rings is 2. The predicted octanol–water partition coefficient (Wildman–Crippen LogP) is 4.90. The Kier molecular flexibility index (Phi) is 6.87. The number of para-hydroxylation sites is 1. The van der Waals surface area contributed by atoms with E-state index in [9.17, 15) is 4.79 Å². The predicted molar refractivity (Wildman–Crippen MR) is 131 cm³/mol. The molecule has 0 bridgehead atoms. The molecule has 0 spiro atoms. The first-order valence-corrected chi connectivity index (χ1v) is 12.0. The van der Waals surface area contributed by atoms with E-state index in [1.165, 1.54) is 34.2 Å². The van der Waals surface area contributed by atoms with Crippen LogP contribution in [-0.4, -0.2) is 31.4 Å². The number of aromatic nitrogens is 4. The number of thiazole rings is 1. The molecule has 2 N–H and O–H groups in total. The van der Waals surface area contributed by atoms with Crippen LogP contribution in [0.4, 0.5) is 10.8 Å². The third-order valence-corrected chi connectivity index (χ3v) is 6.76. The van der Waals surface area contributed by atoms with Crippen LogP contribution in [0.1, 0.15) is 17.0 Å². The zero-order valence-electron chi connectivity index (χ0n) is 18.1. The summed E-state index contributed by atoms with van der Waals surface area (Å²) in [5.74, 6) is 0.918. The topological polar surface area (TPSA) is 84.7 Å². The van der Waals surface area contributed by atoms with Crippen LogP contribution in [0, 0.1) is 13.8 Å². The summed E-state index contributed by atoms with van der Waals surface area (Å²) in [7, 11) is 1.91. The summed E-state index contributed by atoms with van der Waals surface area (Å²) in [6, 6.07) is 16.1. The molecule has 0 aliphatic rings. The first-order valence-electron chi connectivity index (χ1n) is 10.1. The van der Waals surface area contributed by atoms with Gasteiger partial charge in [-0.3, -0.25) is 4.79 Å². The fourth-order valence-electron chi connectivity index (χ4n) is 3.24. The van der Waals surface area contributed by atoms with Gasteiger partial charge in [0.15, 0.2) is 16.1 Å². The SMILES string of the molecule is Cc1cccc(C)c1NCc1nnc(SCC(=O)Nc2nc(-c3ccccc3)cs2)n1C. The van der Waals surface area contributed by atoms with Gasteiger partial charge in [0.1, 0.15) is 0 Å². The van der Waals surface area contributed by atoms with E-state index in [4.69, 9.17) is 0 Å². The van der Waals surface area contributed by atoms with Crippen LogP contribution in [0.25, 0.3) is 11.3 Å². The first-order chi connectivity index (χ1) is 15.5. The van der Waals surface area contributed by atoms with Crippen molar-refractivity contribution < 1.29 is 4.79 Å². The number of aryl methyl sites for hydroxylation is 2. The summed E-state index contributed by atoms with van der Waals surface area (Å²) in [6.07, 6.45) is 0. The molecule has 0 unspecified atom stereocenters. The molecule has 0 radical (unpaired) electrons. The molecule has 2 heterocycles. The molecular formula is C23H24N6OS2. The maximum atomic E-state index is 12.4. The molecule has 0 atom stereocenters. The van der Waals surface area contributed by atoms with Gasteiger partial charge in [0.25, 0.3) is 0 Å². The number of nitrogens with zero attached hydrogens (tertiary/aromatic N) is 4. The van der Waals surface area contributed by atoms with Crippen LogP contribution in [0.3, 0.4) is 0 Å². The molecule has 0 fully saturated rings. The van der Waals surface area contributed by atoms with E-state index in [0.717, 1.165) is 22.8 Å². The Morgan fingerprint density at radius 1 is 1.06 bits per heavy atom. The van der Waals surface area contributed by atoms with E-state index < -0.39 is 0 Å². The van der Waals surface area contributed by atoms with Crippen LogP contribution < -0.4 is 10.6 Å². The molecule has 4 rings (SSSR count). The molecule has 0 aliphatic heterocycles. The number of carbonyl (C=O) groups is 1. The molecule has 2 aromatic carbocycles. The maximum Gasteiger partial charge on any atom is 0.236 e. The normalized spacial score (nSPS) is 10.8. The number of nitrogens with one attached hydrogen (secondary N) is 2. The zero-order valence-corrected chi connectivity index (χ0v) is 19.8. The quantitative estimate of drug-likeness (QED) is 0.361. The molecule has 4 aromatic rings. The number of thioether (sulfide) groups is 1. The van der Waals surface area contributed by atoms with Crippen LogP contribution >= 0.6 is 23.1 Å². The van der Waals surface area contributed by atoms with Crippen molar-refractivity contribution in [3.8, 4) is 11.3 Å². The van der Waals surface area contributed by atoms with E-state index in [-0.39, 0.29) is 11.7 Å². The lowest BCUT2D eigenvalue weighted by Gasteiger charge is -2.12. The van der Waals surface area contributed by atoms with E-state index in [1.807, 2.05) is 53.4 Å². The van der Waals surface area contributed by atoms with Gasteiger partial charge in [-0.2, -0.15) is 0 Å². The zero-order chi connectivity index (χ0) is 22.5. The van der Waals surface area contributed by atoms with E-state index in [0.29, 0.717) is 16.8 Å². The number of anilines is 2. The van der Waals surface area contributed by atoms with Crippen LogP contribution in [0.15, 0.2) is 59.1 Å². The Hall–Kier alpha value is -3.17. The van der Waals surface area contributed by atoms with E-state index in [2.05, 4.69) is 51.8 Å². The second kappa shape index (κ2) is 9.97. The molecule has 0 saturated carbocycles. The molecule has 9 heteroatoms.